The number of nitrogens with zero attached hydrogens (tertiary/aromatic N) is 3. The fourth-order valence-electron chi connectivity index (χ4n) is 3.59. The summed E-state index contributed by atoms with van der Waals surface area (Å²) in [7, 11) is 0. The van der Waals surface area contributed by atoms with Crippen LogP contribution in [0.2, 0.25) is 0 Å². The van der Waals surface area contributed by atoms with Gasteiger partial charge in [0.2, 0.25) is 0 Å². The Kier molecular flexibility index (Phi) is 4.24. The molecule has 1 fully saturated rings. The number of hydrogen-bond donors (Lipinski definition) is 2. The summed E-state index contributed by atoms with van der Waals surface area (Å²) in [5.74, 6) is 0.715. The number of fused-ring (bicyclic) bond motifs is 1. The zero-order chi connectivity index (χ0) is 18.3. The molecule has 0 aliphatic carbocycles. The van der Waals surface area contributed by atoms with Gasteiger partial charge in [-0.3, -0.25) is 4.79 Å². The van der Waals surface area contributed by atoms with Gasteiger partial charge in [0.25, 0.3) is 5.56 Å². The molecule has 1 unspecified atom stereocenters. The fourth-order valence-corrected chi connectivity index (χ4v) is 3.59. The predicted octanol–water partition coefficient (Wildman–Crippen LogP) is 2.54. The van der Waals surface area contributed by atoms with Crippen LogP contribution >= 0.6 is 0 Å². The molecule has 1 aliphatic rings. The highest BCUT2D eigenvalue weighted by Crippen LogP contribution is 2.27. The molecule has 0 radical (unpaired) electrons. The molecular weight excluding hydrogens is 332 g/mol. The lowest BCUT2D eigenvalue weighted by Gasteiger charge is -2.21. The molecule has 136 valence electrons. The van der Waals surface area contributed by atoms with Crippen LogP contribution in [0, 0.1) is 13.8 Å². The monoisotopic (exact) mass is 354 g/mol. The SMILES string of the molecule is Cc1cc(C)c(-n2cc3c(=O)[nH]c(CC4CCCCO4)nc3n2)c(O)c1. The molecule has 7 heteroatoms. The first-order valence-corrected chi connectivity index (χ1v) is 8.92. The Balaban J connectivity index is 1.73. The second-order valence-electron chi connectivity index (χ2n) is 6.97. The molecule has 0 spiro atoms. The van der Waals surface area contributed by atoms with E-state index in [1.54, 1.807) is 12.3 Å². The van der Waals surface area contributed by atoms with Crippen molar-refractivity contribution < 1.29 is 9.84 Å². The van der Waals surface area contributed by atoms with Crippen LogP contribution in [-0.4, -0.2) is 37.6 Å². The van der Waals surface area contributed by atoms with E-state index in [0.717, 1.165) is 37.0 Å². The van der Waals surface area contributed by atoms with Crippen molar-refractivity contribution in [3.63, 3.8) is 0 Å². The lowest BCUT2D eigenvalue weighted by molar-refractivity contribution is 0.0156. The van der Waals surface area contributed by atoms with Gasteiger partial charge >= 0.3 is 0 Å². The van der Waals surface area contributed by atoms with Gasteiger partial charge in [-0.1, -0.05) is 6.07 Å². The van der Waals surface area contributed by atoms with E-state index in [-0.39, 0.29) is 17.4 Å². The van der Waals surface area contributed by atoms with E-state index < -0.39 is 0 Å². The number of aromatic amines is 1. The van der Waals surface area contributed by atoms with Crippen molar-refractivity contribution in [2.45, 2.75) is 45.6 Å². The van der Waals surface area contributed by atoms with Crippen LogP contribution in [0.5, 0.6) is 5.75 Å². The topological polar surface area (TPSA) is 93.0 Å². The molecule has 1 atom stereocenters. The molecule has 4 rings (SSSR count). The minimum Gasteiger partial charge on any atom is -0.506 e. The molecule has 0 saturated carbocycles. The first kappa shape index (κ1) is 16.8. The molecular formula is C19H22N4O3. The third-order valence-corrected chi connectivity index (χ3v) is 4.79. The van der Waals surface area contributed by atoms with E-state index >= 15 is 0 Å². The summed E-state index contributed by atoms with van der Waals surface area (Å²) in [5, 5.41) is 15.1. The number of aryl methyl sites for hydroxylation is 2. The normalized spacial score (nSPS) is 17.7. The lowest BCUT2D eigenvalue weighted by Crippen LogP contribution is -2.24. The molecule has 3 heterocycles. The van der Waals surface area contributed by atoms with Crippen molar-refractivity contribution in [3.05, 3.63) is 45.6 Å². The number of aromatic hydroxyl groups is 1. The van der Waals surface area contributed by atoms with Crippen molar-refractivity contribution >= 4 is 11.0 Å². The van der Waals surface area contributed by atoms with E-state index in [1.807, 2.05) is 19.9 Å². The number of benzene rings is 1. The number of aromatic nitrogens is 4. The minimum atomic E-state index is -0.226. The number of rotatable bonds is 3. The van der Waals surface area contributed by atoms with Crippen molar-refractivity contribution in [2.75, 3.05) is 6.61 Å². The van der Waals surface area contributed by atoms with Gasteiger partial charge < -0.3 is 14.8 Å². The molecule has 7 nitrogen and oxygen atoms in total. The average Bonchev–Trinajstić information content (AvgIpc) is 2.99. The highest BCUT2D eigenvalue weighted by molar-refractivity contribution is 5.74. The maximum absolute atomic E-state index is 12.5. The minimum absolute atomic E-state index is 0.0924. The van der Waals surface area contributed by atoms with Gasteiger partial charge in [-0.2, -0.15) is 0 Å². The molecule has 3 aromatic rings. The Morgan fingerprint density at radius 2 is 2.19 bits per heavy atom. The van der Waals surface area contributed by atoms with Crippen molar-refractivity contribution in [2.24, 2.45) is 0 Å². The van der Waals surface area contributed by atoms with E-state index in [9.17, 15) is 9.90 Å². The summed E-state index contributed by atoms with van der Waals surface area (Å²) in [6, 6.07) is 3.64. The number of phenols is 1. The van der Waals surface area contributed by atoms with E-state index in [0.29, 0.717) is 29.0 Å². The maximum Gasteiger partial charge on any atom is 0.262 e. The summed E-state index contributed by atoms with van der Waals surface area (Å²) in [6.07, 6.45) is 5.48. The van der Waals surface area contributed by atoms with Gasteiger partial charge in [-0.15, -0.1) is 5.10 Å². The van der Waals surface area contributed by atoms with Crippen molar-refractivity contribution in [1.29, 1.82) is 0 Å². The molecule has 2 aromatic heterocycles. The predicted molar refractivity (Wildman–Crippen MR) is 97.9 cm³/mol. The molecule has 26 heavy (non-hydrogen) atoms. The van der Waals surface area contributed by atoms with Gasteiger partial charge in [0.05, 0.1) is 6.10 Å². The van der Waals surface area contributed by atoms with Gasteiger partial charge in [-0.25, -0.2) is 9.67 Å². The molecule has 1 saturated heterocycles. The van der Waals surface area contributed by atoms with Gasteiger partial charge in [0.1, 0.15) is 22.6 Å². The molecule has 0 bridgehead atoms. The Bertz CT molecular complexity index is 992. The van der Waals surface area contributed by atoms with Crippen LogP contribution in [0.15, 0.2) is 23.1 Å². The maximum atomic E-state index is 12.5. The molecule has 1 aliphatic heterocycles. The van der Waals surface area contributed by atoms with E-state index in [2.05, 4.69) is 15.1 Å². The first-order valence-electron chi connectivity index (χ1n) is 8.92. The quantitative estimate of drug-likeness (QED) is 0.754. The van der Waals surface area contributed by atoms with Crippen molar-refractivity contribution in [1.82, 2.24) is 19.7 Å². The van der Waals surface area contributed by atoms with Crippen LogP contribution in [0.3, 0.4) is 0 Å². The third kappa shape index (κ3) is 3.10. The largest absolute Gasteiger partial charge is 0.506 e. The fraction of sp³-hybridized carbons (Fsp3) is 0.421. The van der Waals surface area contributed by atoms with E-state index in [4.69, 9.17) is 4.74 Å². The number of ether oxygens (including phenoxy) is 1. The molecule has 1 aromatic carbocycles. The summed E-state index contributed by atoms with van der Waals surface area (Å²) in [5.41, 5.74) is 2.55. The molecule has 0 amide bonds. The Morgan fingerprint density at radius 1 is 1.35 bits per heavy atom. The number of hydrogen-bond acceptors (Lipinski definition) is 5. The Hall–Kier alpha value is -2.67. The zero-order valence-corrected chi connectivity index (χ0v) is 15.0. The van der Waals surface area contributed by atoms with Crippen LogP contribution in [0.25, 0.3) is 16.7 Å². The third-order valence-electron chi connectivity index (χ3n) is 4.79. The molecule has 2 N–H and O–H groups in total. The summed E-state index contributed by atoms with van der Waals surface area (Å²) < 4.78 is 7.26. The first-order chi connectivity index (χ1) is 12.5. The average molecular weight is 354 g/mol. The van der Waals surface area contributed by atoms with Crippen LogP contribution < -0.4 is 5.56 Å². The summed E-state index contributed by atoms with van der Waals surface area (Å²) in [4.78, 5) is 19.8. The van der Waals surface area contributed by atoms with Gasteiger partial charge in [0.15, 0.2) is 5.65 Å². The number of phenolic OH excluding ortho intramolecular Hbond substituents is 1. The highest BCUT2D eigenvalue weighted by atomic mass is 16.5. The zero-order valence-electron chi connectivity index (χ0n) is 15.0. The Morgan fingerprint density at radius 3 is 2.92 bits per heavy atom. The Labute approximate surface area is 150 Å². The second-order valence-corrected chi connectivity index (χ2v) is 6.97. The smallest absolute Gasteiger partial charge is 0.262 e. The second kappa shape index (κ2) is 6.57. The summed E-state index contributed by atoms with van der Waals surface area (Å²) in [6.45, 7) is 4.58. The number of H-pyrrole nitrogens is 1. The lowest BCUT2D eigenvalue weighted by atomic mass is 10.1. The highest BCUT2D eigenvalue weighted by Gasteiger charge is 2.18. The number of nitrogens with one attached hydrogen (secondary N) is 1. The van der Waals surface area contributed by atoms with Crippen LogP contribution in [0.1, 0.15) is 36.2 Å². The van der Waals surface area contributed by atoms with Gasteiger partial charge in [-0.05, 0) is 50.3 Å². The summed E-state index contributed by atoms with van der Waals surface area (Å²) >= 11 is 0. The van der Waals surface area contributed by atoms with Crippen molar-refractivity contribution in [3.8, 4) is 11.4 Å². The van der Waals surface area contributed by atoms with Crippen LogP contribution in [0.4, 0.5) is 0 Å². The van der Waals surface area contributed by atoms with E-state index in [1.165, 1.54) is 4.68 Å². The van der Waals surface area contributed by atoms with Crippen LogP contribution in [-0.2, 0) is 11.2 Å². The van der Waals surface area contributed by atoms with Gasteiger partial charge in [0, 0.05) is 19.2 Å². The standard InChI is InChI=1S/C19H22N4O3/c1-11-7-12(2)17(15(24)8-11)23-10-14-18(22-23)20-16(21-19(14)25)9-13-5-3-4-6-26-13/h7-8,10,13,24H,3-6,9H2,1-2H3,(H,20,21,22,25).